The van der Waals surface area contributed by atoms with E-state index < -0.39 is 21.8 Å². The van der Waals surface area contributed by atoms with Gasteiger partial charge in [0.25, 0.3) is 11.8 Å². The van der Waals surface area contributed by atoms with Gasteiger partial charge in [-0.2, -0.15) is 0 Å². The molecule has 0 aliphatic heterocycles. The van der Waals surface area contributed by atoms with E-state index in [9.17, 15) is 18.0 Å². The van der Waals surface area contributed by atoms with Crippen molar-refractivity contribution in [2.75, 3.05) is 14.1 Å². The van der Waals surface area contributed by atoms with Gasteiger partial charge in [-0.05, 0) is 69.2 Å². The van der Waals surface area contributed by atoms with E-state index in [0.29, 0.717) is 16.7 Å². The van der Waals surface area contributed by atoms with Gasteiger partial charge < -0.3 is 4.57 Å². The van der Waals surface area contributed by atoms with Crippen LogP contribution in [0.15, 0.2) is 53.4 Å². The van der Waals surface area contributed by atoms with Crippen LogP contribution >= 0.6 is 0 Å². The van der Waals surface area contributed by atoms with Crippen LogP contribution in [-0.2, 0) is 10.0 Å². The summed E-state index contributed by atoms with van der Waals surface area (Å²) in [5.41, 5.74) is 9.14. The van der Waals surface area contributed by atoms with E-state index in [1.165, 1.54) is 20.2 Å². The zero-order valence-corrected chi connectivity index (χ0v) is 20.4. The Morgan fingerprint density at radius 2 is 1.48 bits per heavy atom. The van der Waals surface area contributed by atoms with E-state index in [0.717, 1.165) is 21.4 Å². The van der Waals surface area contributed by atoms with Gasteiger partial charge in [-0.25, -0.2) is 12.7 Å². The molecular weight excluding hydrogens is 440 g/mol. The number of benzene rings is 2. The molecule has 0 radical (unpaired) electrons. The zero-order valence-electron chi connectivity index (χ0n) is 19.6. The summed E-state index contributed by atoms with van der Waals surface area (Å²) in [5, 5.41) is 0. The molecule has 1 aromatic heterocycles. The molecule has 174 valence electrons. The predicted molar refractivity (Wildman–Crippen MR) is 127 cm³/mol. The zero-order chi connectivity index (χ0) is 24.5. The fraction of sp³-hybridized carbons (Fsp3) is 0.250. The maximum Gasteiger partial charge on any atom is 0.271 e. The van der Waals surface area contributed by atoms with Gasteiger partial charge in [-0.1, -0.05) is 18.2 Å². The fourth-order valence-corrected chi connectivity index (χ4v) is 4.86. The first-order valence-electron chi connectivity index (χ1n) is 10.3. The van der Waals surface area contributed by atoms with Crippen LogP contribution in [0, 0.1) is 27.7 Å². The summed E-state index contributed by atoms with van der Waals surface area (Å²) in [6.45, 7) is 7.16. The molecule has 0 bridgehead atoms. The van der Waals surface area contributed by atoms with Crippen LogP contribution in [0.2, 0.25) is 0 Å². The topological polar surface area (TPSA) is 101 Å². The van der Waals surface area contributed by atoms with Crippen molar-refractivity contribution >= 4 is 21.8 Å². The summed E-state index contributed by atoms with van der Waals surface area (Å²) >= 11 is 0. The summed E-state index contributed by atoms with van der Waals surface area (Å²) < 4.78 is 28.3. The van der Waals surface area contributed by atoms with Crippen molar-refractivity contribution < 1.29 is 18.0 Å². The van der Waals surface area contributed by atoms with Gasteiger partial charge in [0, 0.05) is 36.7 Å². The Morgan fingerprint density at radius 1 is 0.879 bits per heavy atom. The third-order valence-electron chi connectivity index (χ3n) is 5.62. The van der Waals surface area contributed by atoms with Crippen LogP contribution in [0.25, 0.3) is 5.69 Å². The lowest BCUT2D eigenvalue weighted by atomic mass is 10.1. The number of hydrogen-bond donors (Lipinski definition) is 2. The minimum Gasteiger partial charge on any atom is -0.318 e. The molecule has 0 atom stereocenters. The quantitative estimate of drug-likeness (QED) is 0.562. The number of hydrogen-bond acceptors (Lipinski definition) is 4. The maximum absolute atomic E-state index is 12.8. The van der Waals surface area contributed by atoms with Gasteiger partial charge in [-0.3, -0.25) is 20.4 Å². The molecule has 0 unspecified atom stereocenters. The second-order valence-electron chi connectivity index (χ2n) is 8.07. The molecule has 8 nitrogen and oxygen atoms in total. The van der Waals surface area contributed by atoms with Crippen molar-refractivity contribution in [2.45, 2.75) is 32.6 Å². The third kappa shape index (κ3) is 4.69. The normalized spacial score (nSPS) is 11.5. The number of nitrogens with zero attached hydrogens (tertiary/aromatic N) is 2. The molecule has 9 heteroatoms. The minimum atomic E-state index is -3.73. The number of aromatic nitrogens is 1. The van der Waals surface area contributed by atoms with Crippen molar-refractivity contribution in [1.82, 2.24) is 19.7 Å². The molecule has 3 rings (SSSR count). The standard InChI is InChI=1S/C24H28N4O4S/c1-15-12-19(14-22(17(15)3)33(31,32)27(5)6)23(29)25-26-24(30)21-13-16(2)28(18(21)4)20-10-8-7-9-11-20/h7-14H,1-6H3,(H,25,29)(H,26,30). The van der Waals surface area contributed by atoms with Crippen molar-refractivity contribution in [3.8, 4) is 5.69 Å². The van der Waals surface area contributed by atoms with Crippen LogP contribution in [0.1, 0.15) is 43.2 Å². The van der Waals surface area contributed by atoms with Crippen LogP contribution in [-0.4, -0.2) is 43.2 Å². The molecule has 0 saturated carbocycles. The number of sulfonamides is 1. The first-order chi connectivity index (χ1) is 15.4. The molecule has 0 aliphatic rings. The number of aryl methyl sites for hydroxylation is 2. The van der Waals surface area contributed by atoms with Crippen molar-refractivity contribution in [3.63, 3.8) is 0 Å². The number of hydrazine groups is 1. The van der Waals surface area contributed by atoms with Gasteiger partial charge >= 0.3 is 0 Å². The summed E-state index contributed by atoms with van der Waals surface area (Å²) in [6.07, 6.45) is 0. The molecule has 2 N–H and O–H groups in total. The summed E-state index contributed by atoms with van der Waals surface area (Å²) in [7, 11) is -0.864. The number of carbonyl (C=O) groups excluding carboxylic acids is 2. The van der Waals surface area contributed by atoms with E-state index >= 15 is 0 Å². The second-order valence-corrected chi connectivity index (χ2v) is 10.2. The molecular formula is C24H28N4O4S. The molecule has 0 fully saturated rings. The lowest BCUT2D eigenvalue weighted by Gasteiger charge is -2.16. The Kier molecular flexibility index (Phi) is 6.76. The molecule has 0 spiro atoms. The smallest absolute Gasteiger partial charge is 0.271 e. The molecule has 2 aromatic carbocycles. The highest BCUT2D eigenvalue weighted by Gasteiger charge is 2.23. The van der Waals surface area contributed by atoms with Crippen molar-refractivity contribution in [1.29, 1.82) is 0 Å². The molecule has 2 amide bonds. The molecule has 0 saturated heterocycles. The van der Waals surface area contributed by atoms with Crippen molar-refractivity contribution in [3.05, 3.63) is 82.2 Å². The van der Waals surface area contributed by atoms with E-state index in [1.54, 1.807) is 26.0 Å². The highest BCUT2D eigenvalue weighted by Crippen LogP contribution is 2.24. The second kappa shape index (κ2) is 9.21. The maximum atomic E-state index is 12.8. The molecule has 33 heavy (non-hydrogen) atoms. The van der Waals surface area contributed by atoms with E-state index in [-0.39, 0.29) is 10.5 Å². The highest BCUT2D eigenvalue weighted by atomic mass is 32.2. The average molecular weight is 469 g/mol. The predicted octanol–water partition coefficient (Wildman–Crippen LogP) is 3.04. The molecule has 3 aromatic rings. The highest BCUT2D eigenvalue weighted by molar-refractivity contribution is 7.89. The van der Waals surface area contributed by atoms with Gasteiger partial charge in [0.15, 0.2) is 0 Å². The average Bonchev–Trinajstić information content (AvgIpc) is 3.07. The Bertz CT molecular complexity index is 1330. The summed E-state index contributed by atoms with van der Waals surface area (Å²) in [5.74, 6) is -1.08. The van der Waals surface area contributed by atoms with E-state index in [4.69, 9.17) is 0 Å². The summed E-state index contributed by atoms with van der Waals surface area (Å²) in [6, 6.07) is 14.3. The molecule has 1 heterocycles. The fourth-order valence-electron chi connectivity index (χ4n) is 3.64. The first-order valence-corrected chi connectivity index (χ1v) is 11.8. The van der Waals surface area contributed by atoms with Gasteiger partial charge in [0.1, 0.15) is 0 Å². The monoisotopic (exact) mass is 468 g/mol. The van der Waals surface area contributed by atoms with Crippen molar-refractivity contribution in [2.24, 2.45) is 0 Å². The number of nitrogens with one attached hydrogen (secondary N) is 2. The Balaban J connectivity index is 1.83. The van der Waals surface area contributed by atoms with Gasteiger partial charge in [0.2, 0.25) is 10.0 Å². The summed E-state index contributed by atoms with van der Waals surface area (Å²) in [4.78, 5) is 25.6. The van der Waals surface area contributed by atoms with Crippen LogP contribution in [0.5, 0.6) is 0 Å². The van der Waals surface area contributed by atoms with E-state index in [1.807, 2.05) is 48.7 Å². The van der Waals surface area contributed by atoms with Crippen LogP contribution < -0.4 is 10.9 Å². The van der Waals surface area contributed by atoms with Crippen LogP contribution in [0.4, 0.5) is 0 Å². The van der Waals surface area contributed by atoms with E-state index in [2.05, 4.69) is 10.9 Å². The lowest BCUT2D eigenvalue weighted by molar-refractivity contribution is 0.0846. The Hall–Kier alpha value is -3.43. The minimum absolute atomic E-state index is 0.0513. The number of carbonyl (C=O) groups is 2. The number of rotatable bonds is 5. The first kappa shape index (κ1) is 24.2. The largest absolute Gasteiger partial charge is 0.318 e. The van der Waals surface area contributed by atoms with Crippen LogP contribution in [0.3, 0.4) is 0 Å². The number of para-hydroxylation sites is 1. The Morgan fingerprint density at radius 3 is 2.09 bits per heavy atom. The SMILES string of the molecule is Cc1cc(C(=O)NNC(=O)c2cc(C)n(-c3ccccc3)c2C)cc(S(=O)(=O)N(C)C)c1C. The lowest BCUT2D eigenvalue weighted by Crippen LogP contribution is -2.42. The number of amides is 2. The van der Waals surface area contributed by atoms with Gasteiger partial charge in [0.05, 0.1) is 10.5 Å². The van der Waals surface area contributed by atoms with Gasteiger partial charge in [-0.15, -0.1) is 0 Å². The Labute approximate surface area is 194 Å². The molecule has 0 aliphatic carbocycles. The third-order valence-corrected chi connectivity index (χ3v) is 7.56.